The molecule has 0 bridgehead atoms. The largest absolute Gasteiger partial charge is 0.250 e. The van der Waals surface area contributed by atoms with Crippen LogP contribution in [0.4, 0.5) is 4.39 Å². The molecule has 1 radical (unpaired) electrons. The second kappa shape index (κ2) is 4.75. The van der Waals surface area contributed by atoms with Crippen LogP contribution in [-0.4, -0.2) is 6.67 Å². The molecule has 0 nitrogen and oxygen atoms in total. The molecule has 1 rings (SSSR count). The first-order valence-corrected chi connectivity index (χ1v) is 5.15. The molecule has 0 saturated carbocycles. The summed E-state index contributed by atoms with van der Waals surface area (Å²) in [5.41, 5.74) is 2.23. The maximum atomic E-state index is 12.4. The molecule has 0 aliphatic carbocycles. The summed E-state index contributed by atoms with van der Waals surface area (Å²) in [4.78, 5) is 0. The highest BCUT2D eigenvalue weighted by Crippen LogP contribution is 2.23. The summed E-state index contributed by atoms with van der Waals surface area (Å²) in [6.07, 6.45) is 0.966. The Labute approximate surface area is 87.3 Å². The van der Waals surface area contributed by atoms with Crippen molar-refractivity contribution in [2.45, 2.75) is 20.3 Å². The number of hydrogen-bond donors (Lipinski definition) is 0. The van der Waals surface area contributed by atoms with E-state index in [4.69, 9.17) is 0 Å². The molecule has 0 heterocycles. The third kappa shape index (κ3) is 2.53. The van der Waals surface area contributed by atoms with Crippen LogP contribution >= 0.6 is 15.9 Å². The van der Waals surface area contributed by atoms with Gasteiger partial charge in [-0.2, -0.15) is 0 Å². The van der Waals surface area contributed by atoms with Crippen molar-refractivity contribution in [1.82, 2.24) is 0 Å². The van der Waals surface area contributed by atoms with Gasteiger partial charge in [-0.3, -0.25) is 4.39 Å². The van der Waals surface area contributed by atoms with Gasteiger partial charge in [-0.15, -0.1) is 0 Å². The molecule has 0 spiro atoms. The van der Waals surface area contributed by atoms with Gasteiger partial charge in [-0.05, 0) is 23.6 Å². The second-order valence-corrected chi connectivity index (χ2v) is 3.93. The summed E-state index contributed by atoms with van der Waals surface area (Å²) < 4.78 is 13.5. The van der Waals surface area contributed by atoms with Gasteiger partial charge in [0.15, 0.2) is 0 Å². The Morgan fingerprint density at radius 2 is 2.15 bits per heavy atom. The van der Waals surface area contributed by atoms with Gasteiger partial charge >= 0.3 is 0 Å². The molecule has 0 aliphatic rings. The Morgan fingerprint density at radius 1 is 1.46 bits per heavy atom. The molecule has 2 heteroatoms. The van der Waals surface area contributed by atoms with E-state index in [2.05, 4.69) is 22.9 Å². The van der Waals surface area contributed by atoms with Crippen molar-refractivity contribution in [2.24, 2.45) is 0 Å². The minimum absolute atomic E-state index is 0.370. The fourth-order valence-corrected chi connectivity index (χ4v) is 1.72. The molecule has 13 heavy (non-hydrogen) atoms. The van der Waals surface area contributed by atoms with Crippen molar-refractivity contribution in [1.29, 1.82) is 0 Å². The number of benzene rings is 1. The zero-order valence-corrected chi connectivity index (χ0v) is 9.49. The van der Waals surface area contributed by atoms with Crippen LogP contribution in [0, 0.1) is 5.92 Å². The monoisotopic (exact) mass is 243 g/mol. The maximum absolute atomic E-state index is 12.4. The predicted octanol–water partition coefficient (Wildman–Crippen LogP) is 3.92. The van der Waals surface area contributed by atoms with Gasteiger partial charge in [0.1, 0.15) is 0 Å². The highest BCUT2D eigenvalue weighted by Gasteiger charge is 2.07. The van der Waals surface area contributed by atoms with Crippen LogP contribution in [0.1, 0.15) is 25.0 Å². The van der Waals surface area contributed by atoms with Crippen molar-refractivity contribution in [3.05, 3.63) is 39.7 Å². The quantitative estimate of drug-likeness (QED) is 0.755. The molecule has 0 aliphatic heterocycles. The first-order chi connectivity index (χ1) is 6.19. The van der Waals surface area contributed by atoms with E-state index in [9.17, 15) is 4.39 Å². The highest BCUT2D eigenvalue weighted by atomic mass is 79.9. The molecule has 0 unspecified atom stereocenters. The second-order valence-electron chi connectivity index (χ2n) is 3.07. The highest BCUT2D eigenvalue weighted by molar-refractivity contribution is 9.10. The van der Waals surface area contributed by atoms with E-state index in [1.807, 2.05) is 25.1 Å². The van der Waals surface area contributed by atoms with Crippen LogP contribution in [0.2, 0.25) is 0 Å². The lowest BCUT2D eigenvalue weighted by Gasteiger charge is -2.09. The maximum Gasteiger partial charge on any atom is 0.0997 e. The van der Waals surface area contributed by atoms with Gasteiger partial charge in [0.05, 0.1) is 6.67 Å². The van der Waals surface area contributed by atoms with E-state index < -0.39 is 0 Å². The Hall–Kier alpha value is -0.370. The van der Waals surface area contributed by atoms with E-state index in [0.717, 1.165) is 22.4 Å². The van der Waals surface area contributed by atoms with Crippen LogP contribution in [0.3, 0.4) is 0 Å². The van der Waals surface area contributed by atoms with E-state index in [1.54, 1.807) is 0 Å². The van der Waals surface area contributed by atoms with Gasteiger partial charge in [0.2, 0.25) is 0 Å². The molecule has 0 saturated heterocycles. The number of halogens is 2. The topological polar surface area (TPSA) is 0 Å². The molecule has 0 fully saturated rings. The van der Waals surface area contributed by atoms with Gasteiger partial charge in [-0.25, -0.2) is 0 Å². The summed E-state index contributed by atoms with van der Waals surface area (Å²) in [6, 6.07) is 5.96. The standard InChI is InChI=1S/C11H13BrF/c1-3-9-6-10(8(2)7-13)4-5-11(9)12/h4-6H,3,7H2,1-2H3. The Morgan fingerprint density at radius 3 is 2.69 bits per heavy atom. The molecule has 1 aromatic carbocycles. The summed E-state index contributed by atoms with van der Waals surface area (Å²) in [5, 5.41) is 0. The number of aryl methyl sites for hydroxylation is 1. The third-order valence-electron chi connectivity index (χ3n) is 2.12. The molecular formula is C11H13BrF. The van der Waals surface area contributed by atoms with Crippen molar-refractivity contribution in [2.75, 3.05) is 6.67 Å². The van der Waals surface area contributed by atoms with Crippen LogP contribution < -0.4 is 0 Å². The average molecular weight is 244 g/mol. The molecular weight excluding hydrogens is 231 g/mol. The number of hydrogen-bond acceptors (Lipinski definition) is 0. The lowest BCUT2D eigenvalue weighted by Crippen LogP contribution is -1.97. The van der Waals surface area contributed by atoms with Crippen LogP contribution in [0.25, 0.3) is 0 Å². The summed E-state index contributed by atoms with van der Waals surface area (Å²) in [6.45, 7) is 3.54. The van der Waals surface area contributed by atoms with Crippen molar-refractivity contribution in [3.8, 4) is 0 Å². The van der Waals surface area contributed by atoms with Crippen LogP contribution in [0.5, 0.6) is 0 Å². The fraction of sp³-hybridized carbons (Fsp3) is 0.364. The van der Waals surface area contributed by atoms with Crippen LogP contribution in [-0.2, 0) is 6.42 Å². The van der Waals surface area contributed by atoms with Crippen molar-refractivity contribution < 1.29 is 4.39 Å². The zero-order valence-electron chi connectivity index (χ0n) is 7.90. The normalized spacial score (nSPS) is 10.8. The summed E-state index contributed by atoms with van der Waals surface area (Å²) in [7, 11) is 0. The minimum atomic E-state index is -0.370. The SMILES string of the molecule is CCc1cc([C](C)CF)ccc1Br. The van der Waals surface area contributed by atoms with Crippen LogP contribution in [0.15, 0.2) is 22.7 Å². The lowest BCUT2D eigenvalue weighted by atomic mass is 9.99. The summed E-state index contributed by atoms with van der Waals surface area (Å²) >= 11 is 3.46. The van der Waals surface area contributed by atoms with Gasteiger partial charge < -0.3 is 0 Å². The molecule has 0 aromatic heterocycles. The third-order valence-corrected chi connectivity index (χ3v) is 2.89. The lowest BCUT2D eigenvalue weighted by molar-refractivity contribution is 0.516. The van der Waals surface area contributed by atoms with E-state index in [0.29, 0.717) is 0 Å². The van der Waals surface area contributed by atoms with E-state index in [-0.39, 0.29) is 6.67 Å². The Kier molecular flexibility index (Phi) is 3.91. The van der Waals surface area contributed by atoms with Gasteiger partial charge in [0, 0.05) is 10.4 Å². The molecule has 0 atom stereocenters. The first-order valence-electron chi connectivity index (χ1n) is 4.36. The fourth-order valence-electron chi connectivity index (χ4n) is 1.19. The van der Waals surface area contributed by atoms with Crippen molar-refractivity contribution >= 4 is 15.9 Å². The van der Waals surface area contributed by atoms with E-state index >= 15 is 0 Å². The van der Waals surface area contributed by atoms with Gasteiger partial charge in [0.25, 0.3) is 0 Å². The zero-order chi connectivity index (χ0) is 9.84. The molecule has 0 amide bonds. The average Bonchev–Trinajstić information content (AvgIpc) is 2.17. The van der Waals surface area contributed by atoms with Crippen molar-refractivity contribution in [3.63, 3.8) is 0 Å². The summed E-state index contributed by atoms with van der Waals surface area (Å²) in [5.74, 6) is 0.794. The molecule has 71 valence electrons. The number of rotatable bonds is 3. The predicted molar refractivity (Wildman–Crippen MR) is 57.5 cm³/mol. The molecule has 0 N–H and O–H groups in total. The van der Waals surface area contributed by atoms with E-state index in [1.165, 1.54) is 5.56 Å². The Balaban J connectivity index is 2.99. The Bertz CT molecular complexity index is 283. The van der Waals surface area contributed by atoms with Gasteiger partial charge in [-0.1, -0.05) is 41.9 Å². The smallest absolute Gasteiger partial charge is 0.0997 e. The minimum Gasteiger partial charge on any atom is -0.250 e. The number of alkyl halides is 1. The molecule has 1 aromatic rings. The first kappa shape index (κ1) is 10.7.